The zero-order chi connectivity index (χ0) is 9.31. The second-order valence-electron chi connectivity index (χ2n) is 4.15. The van der Waals surface area contributed by atoms with Crippen LogP contribution in [0.5, 0.6) is 0 Å². The van der Waals surface area contributed by atoms with Crippen LogP contribution in [0.1, 0.15) is 26.1 Å². The van der Waals surface area contributed by atoms with E-state index < -0.39 is 0 Å². The normalized spacial score (nSPS) is 21.1. The molecule has 0 N–H and O–H groups in total. The van der Waals surface area contributed by atoms with Crippen molar-refractivity contribution < 1.29 is 0 Å². The molecule has 1 aliphatic heterocycles. The van der Waals surface area contributed by atoms with E-state index in [-0.39, 0.29) is 0 Å². The average molecular weight is 177 g/mol. The molecule has 0 bridgehead atoms. The van der Waals surface area contributed by atoms with Gasteiger partial charge in [-0.05, 0) is 26.3 Å². The summed E-state index contributed by atoms with van der Waals surface area (Å²) in [6.45, 7) is 6.58. The van der Waals surface area contributed by atoms with Crippen molar-refractivity contribution in [3.63, 3.8) is 0 Å². The summed E-state index contributed by atoms with van der Waals surface area (Å²) in [6, 6.07) is 1.85. The smallest absolute Gasteiger partial charge is 0.142 e. The molecule has 0 spiro atoms. The van der Waals surface area contributed by atoms with Gasteiger partial charge < -0.3 is 0 Å². The van der Waals surface area contributed by atoms with Gasteiger partial charge in [-0.25, -0.2) is 9.97 Å². The highest BCUT2D eigenvalue weighted by Crippen LogP contribution is 2.30. The average Bonchev–Trinajstić information content (AvgIpc) is 2.15. The maximum absolute atomic E-state index is 4.21. The van der Waals surface area contributed by atoms with Crippen molar-refractivity contribution >= 4 is 0 Å². The lowest BCUT2D eigenvalue weighted by molar-refractivity contribution is 0.00564. The molecule has 1 aromatic heterocycles. The first kappa shape index (κ1) is 8.63. The quantitative estimate of drug-likeness (QED) is 0.685. The van der Waals surface area contributed by atoms with E-state index in [1.807, 2.05) is 6.07 Å². The molecule has 3 heteroatoms. The highest BCUT2D eigenvalue weighted by atomic mass is 15.3. The molecule has 0 radical (unpaired) electrons. The standard InChI is InChI=1S/C10H15N3/c1-10(2)4-7-13(10)8-9-11-5-3-6-12-9/h3,5-6H,4,7-8H2,1-2H3. The van der Waals surface area contributed by atoms with Crippen molar-refractivity contribution in [1.82, 2.24) is 14.9 Å². The summed E-state index contributed by atoms with van der Waals surface area (Å²) in [7, 11) is 0. The summed E-state index contributed by atoms with van der Waals surface area (Å²) in [4.78, 5) is 10.8. The molecule has 0 aliphatic carbocycles. The van der Waals surface area contributed by atoms with E-state index in [0.29, 0.717) is 5.54 Å². The van der Waals surface area contributed by atoms with E-state index in [9.17, 15) is 0 Å². The van der Waals surface area contributed by atoms with Crippen LogP contribution in [0.15, 0.2) is 18.5 Å². The Morgan fingerprint density at radius 1 is 1.38 bits per heavy atom. The summed E-state index contributed by atoms with van der Waals surface area (Å²) in [5.41, 5.74) is 0.346. The molecule has 70 valence electrons. The SMILES string of the molecule is CC1(C)CCN1Cc1ncccn1. The molecule has 0 unspecified atom stereocenters. The molecule has 2 heterocycles. The van der Waals surface area contributed by atoms with Crippen LogP contribution in [0.2, 0.25) is 0 Å². The van der Waals surface area contributed by atoms with Crippen molar-refractivity contribution in [1.29, 1.82) is 0 Å². The van der Waals surface area contributed by atoms with E-state index in [2.05, 4.69) is 28.7 Å². The van der Waals surface area contributed by atoms with Crippen molar-refractivity contribution in [2.24, 2.45) is 0 Å². The van der Waals surface area contributed by atoms with Crippen LogP contribution >= 0.6 is 0 Å². The van der Waals surface area contributed by atoms with Crippen LogP contribution < -0.4 is 0 Å². The highest BCUT2D eigenvalue weighted by molar-refractivity contribution is 4.96. The van der Waals surface area contributed by atoms with Gasteiger partial charge in [-0.3, -0.25) is 4.90 Å². The Morgan fingerprint density at radius 2 is 2.08 bits per heavy atom. The van der Waals surface area contributed by atoms with Crippen molar-refractivity contribution in [3.8, 4) is 0 Å². The van der Waals surface area contributed by atoms with Crippen molar-refractivity contribution in [3.05, 3.63) is 24.3 Å². The predicted octanol–water partition coefficient (Wildman–Crippen LogP) is 1.46. The third kappa shape index (κ3) is 1.70. The van der Waals surface area contributed by atoms with Gasteiger partial charge in [-0.1, -0.05) is 0 Å². The maximum Gasteiger partial charge on any atom is 0.142 e. The zero-order valence-electron chi connectivity index (χ0n) is 8.20. The van der Waals surface area contributed by atoms with Crippen LogP contribution in [0.25, 0.3) is 0 Å². The van der Waals surface area contributed by atoms with Crippen molar-refractivity contribution in [2.45, 2.75) is 32.4 Å². The minimum absolute atomic E-state index is 0.346. The highest BCUT2D eigenvalue weighted by Gasteiger charge is 2.35. The van der Waals surface area contributed by atoms with Crippen LogP contribution in [-0.2, 0) is 6.54 Å². The fraction of sp³-hybridized carbons (Fsp3) is 0.600. The lowest BCUT2D eigenvalue weighted by Gasteiger charge is -2.48. The molecule has 0 saturated carbocycles. The first-order valence-electron chi connectivity index (χ1n) is 4.69. The largest absolute Gasteiger partial charge is 0.291 e. The van der Waals surface area contributed by atoms with Crippen molar-refractivity contribution in [2.75, 3.05) is 6.54 Å². The van der Waals surface area contributed by atoms with Crippen LogP contribution in [0.3, 0.4) is 0 Å². The summed E-state index contributed by atoms with van der Waals surface area (Å²) in [5, 5.41) is 0. The van der Waals surface area contributed by atoms with Crippen LogP contribution in [-0.4, -0.2) is 27.0 Å². The number of nitrogens with zero attached hydrogens (tertiary/aromatic N) is 3. The number of likely N-dealkylation sites (tertiary alicyclic amines) is 1. The third-order valence-corrected chi connectivity index (χ3v) is 2.80. The predicted molar refractivity (Wildman–Crippen MR) is 51.1 cm³/mol. The fourth-order valence-corrected chi connectivity index (χ4v) is 1.59. The molecule has 1 fully saturated rings. The topological polar surface area (TPSA) is 29.0 Å². The van der Waals surface area contributed by atoms with Gasteiger partial charge in [0.2, 0.25) is 0 Å². The monoisotopic (exact) mass is 177 g/mol. The van der Waals surface area contributed by atoms with Gasteiger partial charge in [0.15, 0.2) is 0 Å². The lowest BCUT2D eigenvalue weighted by Crippen LogP contribution is -2.55. The van der Waals surface area contributed by atoms with E-state index in [1.165, 1.54) is 13.0 Å². The van der Waals surface area contributed by atoms with E-state index in [4.69, 9.17) is 0 Å². The molecular formula is C10H15N3. The summed E-state index contributed by atoms with van der Waals surface area (Å²) < 4.78 is 0. The second kappa shape index (κ2) is 3.07. The molecule has 1 aromatic rings. The first-order valence-corrected chi connectivity index (χ1v) is 4.69. The van der Waals surface area contributed by atoms with E-state index in [0.717, 1.165) is 12.4 Å². The Balaban J connectivity index is 2.00. The molecular weight excluding hydrogens is 162 g/mol. The summed E-state index contributed by atoms with van der Waals surface area (Å²) in [6.07, 6.45) is 4.88. The van der Waals surface area contributed by atoms with Gasteiger partial charge in [0.1, 0.15) is 5.82 Å². The van der Waals surface area contributed by atoms with E-state index in [1.54, 1.807) is 12.4 Å². The minimum Gasteiger partial charge on any atom is -0.291 e. The Bertz CT molecular complexity index is 281. The first-order chi connectivity index (χ1) is 6.18. The van der Waals surface area contributed by atoms with E-state index >= 15 is 0 Å². The third-order valence-electron chi connectivity index (χ3n) is 2.80. The van der Waals surface area contributed by atoms with Gasteiger partial charge >= 0.3 is 0 Å². The molecule has 0 amide bonds. The molecule has 1 aliphatic rings. The Kier molecular flexibility index (Phi) is 2.04. The molecule has 13 heavy (non-hydrogen) atoms. The number of rotatable bonds is 2. The Labute approximate surface area is 78.8 Å². The van der Waals surface area contributed by atoms with Gasteiger partial charge in [0.25, 0.3) is 0 Å². The van der Waals surface area contributed by atoms with Crippen LogP contribution in [0, 0.1) is 0 Å². The Morgan fingerprint density at radius 3 is 2.54 bits per heavy atom. The van der Waals surface area contributed by atoms with Gasteiger partial charge in [0.05, 0.1) is 6.54 Å². The maximum atomic E-state index is 4.21. The Hall–Kier alpha value is -0.960. The molecule has 0 aromatic carbocycles. The summed E-state index contributed by atoms with van der Waals surface area (Å²) in [5.74, 6) is 0.926. The number of hydrogen-bond acceptors (Lipinski definition) is 3. The van der Waals surface area contributed by atoms with Gasteiger partial charge in [-0.15, -0.1) is 0 Å². The fourth-order valence-electron chi connectivity index (χ4n) is 1.59. The molecule has 0 atom stereocenters. The van der Waals surface area contributed by atoms with Gasteiger partial charge in [-0.2, -0.15) is 0 Å². The van der Waals surface area contributed by atoms with Gasteiger partial charge in [0, 0.05) is 24.5 Å². The number of aromatic nitrogens is 2. The molecule has 1 saturated heterocycles. The summed E-state index contributed by atoms with van der Waals surface area (Å²) >= 11 is 0. The lowest BCUT2D eigenvalue weighted by atomic mass is 9.89. The minimum atomic E-state index is 0.346. The zero-order valence-corrected chi connectivity index (χ0v) is 8.20. The number of hydrogen-bond donors (Lipinski definition) is 0. The second-order valence-corrected chi connectivity index (χ2v) is 4.15. The molecule has 3 nitrogen and oxygen atoms in total. The van der Waals surface area contributed by atoms with Crippen LogP contribution in [0.4, 0.5) is 0 Å². The molecule has 2 rings (SSSR count).